The molecule has 1 aliphatic rings. The summed E-state index contributed by atoms with van der Waals surface area (Å²) in [4.78, 5) is 5.29. The van der Waals surface area contributed by atoms with Crippen molar-refractivity contribution >= 4 is 16.7 Å². The Kier molecular flexibility index (Phi) is 4.76. The number of nitrogens with zero attached hydrogens (tertiary/aromatic N) is 3. The molecule has 2 aromatic rings. The van der Waals surface area contributed by atoms with Crippen LogP contribution in [-0.4, -0.2) is 36.4 Å². The average Bonchev–Trinajstić information content (AvgIpc) is 3.19. The lowest BCUT2D eigenvalue weighted by molar-refractivity contribution is -0.144. The SMILES string of the molecule is COCCN(Cc1ccc2c(c1)OCO2)c1nc(C(F)(F)F)ns1. The number of methoxy groups -OCH3 is 1. The zero-order valence-corrected chi connectivity index (χ0v) is 13.5. The first-order valence-corrected chi connectivity index (χ1v) is 7.78. The minimum atomic E-state index is -4.56. The van der Waals surface area contributed by atoms with Crippen LogP contribution in [0.4, 0.5) is 18.3 Å². The highest BCUT2D eigenvalue weighted by Gasteiger charge is 2.36. The van der Waals surface area contributed by atoms with Crippen molar-refractivity contribution in [2.75, 3.05) is 32.0 Å². The maximum Gasteiger partial charge on any atom is 0.452 e. The van der Waals surface area contributed by atoms with Gasteiger partial charge in [0.15, 0.2) is 11.5 Å². The molecule has 0 saturated carbocycles. The lowest BCUT2D eigenvalue weighted by Crippen LogP contribution is -2.26. The van der Waals surface area contributed by atoms with Crippen LogP contribution in [0, 0.1) is 0 Å². The van der Waals surface area contributed by atoms with Crippen LogP contribution in [0.3, 0.4) is 0 Å². The van der Waals surface area contributed by atoms with E-state index in [2.05, 4.69) is 9.36 Å². The summed E-state index contributed by atoms with van der Waals surface area (Å²) in [5.74, 6) is 0.139. The van der Waals surface area contributed by atoms with E-state index in [0.29, 0.717) is 42.7 Å². The lowest BCUT2D eigenvalue weighted by atomic mass is 10.2. The van der Waals surface area contributed by atoms with Gasteiger partial charge >= 0.3 is 6.18 Å². The molecule has 24 heavy (non-hydrogen) atoms. The van der Waals surface area contributed by atoms with Crippen molar-refractivity contribution in [2.45, 2.75) is 12.7 Å². The second-order valence-corrected chi connectivity index (χ2v) is 5.73. The maximum atomic E-state index is 12.7. The molecule has 0 unspecified atom stereocenters. The number of alkyl halides is 3. The summed E-state index contributed by atoms with van der Waals surface area (Å²) in [6.07, 6.45) is -4.56. The number of ether oxygens (including phenoxy) is 3. The molecule has 0 spiro atoms. The highest BCUT2D eigenvalue weighted by molar-refractivity contribution is 7.09. The summed E-state index contributed by atoms with van der Waals surface area (Å²) in [5, 5.41) is 0.192. The molecule has 10 heteroatoms. The number of rotatable bonds is 6. The Bertz CT molecular complexity index is 708. The quantitative estimate of drug-likeness (QED) is 0.789. The number of fused-ring (bicyclic) bond motifs is 1. The molecule has 6 nitrogen and oxygen atoms in total. The maximum absolute atomic E-state index is 12.7. The van der Waals surface area contributed by atoms with Crippen molar-refractivity contribution in [2.24, 2.45) is 0 Å². The molecular formula is C14H14F3N3O3S. The molecule has 1 aliphatic heterocycles. The number of hydrogen-bond donors (Lipinski definition) is 0. The van der Waals surface area contributed by atoms with Crippen LogP contribution in [0.25, 0.3) is 0 Å². The Morgan fingerprint density at radius 1 is 1.29 bits per heavy atom. The second-order valence-electron chi connectivity index (χ2n) is 5.00. The molecule has 0 aliphatic carbocycles. The molecule has 0 radical (unpaired) electrons. The van der Waals surface area contributed by atoms with Gasteiger partial charge in [-0.15, -0.1) is 0 Å². The second kappa shape index (κ2) is 6.81. The highest BCUT2D eigenvalue weighted by Crippen LogP contribution is 2.34. The van der Waals surface area contributed by atoms with Gasteiger partial charge in [0.05, 0.1) is 6.61 Å². The van der Waals surface area contributed by atoms with Gasteiger partial charge in [-0.25, -0.2) is 0 Å². The van der Waals surface area contributed by atoms with Gasteiger partial charge in [0.25, 0.3) is 0 Å². The molecule has 0 amide bonds. The first-order chi connectivity index (χ1) is 11.5. The summed E-state index contributed by atoms with van der Waals surface area (Å²) >= 11 is 0.713. The van der Waals surface area contributed by atoms with E-state index < -0.39 is 12.0 Å². The number of hydrogen-bond acceptors (Lipinski definition) is 7. The molecule has 2 heterocycles. The normalized spacial score (nSPS) is 13.3. The van der Waals surface area contributed by atoms with Gasteiger partial charge < -0.3 is 19.1 Å². The number of anilines is 1. The van der Waals surface area contributed by atoms with Crippen molar-refractivity contribution < 1.29 is 27.4 Å². The van der Waals surface area contributed by atoms with E-state index >= 15 is 0 Å². The molecule has 1 aromatic heterocycles. The first kappa shape index (κ1) is 16.8. The van der Waals surface area contributed by atoms with Crippen LogP contribution in [0.1, 0.15) is 11.4 Å². The highest BCUT2D eigenvalue weighted by atomic mass is 32.1. The molecule has 0 saturated heterocycles. The van der Waals surface area contributed by atoms with Crippen molar-refractivity contribution in [3.63, 3.8) is 0 Å². The zero-order chi connectivity index (χ0) is 17.2. The summed E-state index contributed by atoms with van der Waals surface area (Å²) in [6, 6.07) is 5.40. The fourth-order valence-electron chi connectivity index (χ4n) is 2.16. The Morgan fingerprint density at radius 2 is 2.08 bits per heavy atom. The molecule has 130 valence electrons. The van der Waals surface area contributed by atoms with Crippen molar-refractivity contribution in [1.82, 2.24) is 9.36 Å². The molecular weight excluding hydrogens is 347 g/mol. The average molecular weight is 361 g/mol. The Labute approximate surface area is 139 Å². The van der Waals surface area contributed by atoms with E-state index in [1.54, 1.807) is 17.0 Å². The minimum absolute atomic E-state index is 0.164. The topological polar surface area (TPSA) is 56.7 Å². The van der Waals surface area contributed by atoms with Crippen LogP contribution in [-0.2, 0) is 17.5 Å². The van der Waals surface area contributed by atoms with Crippen molar-refractivity contribution in [3.8, 4) is 11.5 Å². The van der Waals surface area contributed by atoms with Gasteiger partial charge in [-0.05, 0) is 17.7 Å². The summed E-state index contributed by atoms with van der Waals surface area (Å²) < 4.78 is 57.1. The minimum Gasteiger partial charge on any atom is -0.454 e. The van der Waals surface area contributed by atoms with E-state index in [9.17, 15) is 13.2 Å². The van der Waals surface area contributed by atoms with Gasteiger partial charge in [-0.3, -0.25) is 0 Å². The molecule has 3 rings (SSSR count). The third kappa shape index (κ3) is 3.70. The molecule has 0 fully saturated rings. The molecule has 0 N–H and O–H groups in total. The van der Waals surface area contributed by atoms with Crippen molar-refractivity contribution in [3.05, 3.63) is 29.6 Å². The van der Waals surface area contributed by atoms with E-state index in [-0.39, 0.29) is 11.9 Å². The monoisotopic (exact) mass is 361 g/mol. The third-order valence-electron chi connectivity index (χ3n) is 3.32. The lowest BCUT2D eigenvalue weighted by Gasteiger charge is -2.21. The fraction of sp³-hybridized carbons (Fsp3) is 0.429. The Hall–Kier alpha value is -2.07. The number of aromatic nitrogens is 2. The van der Waals surface area contributed by atoms with Crippen LogP contribution >= 0.6 is 11.5 Å². The fourth-order valence-corrected chi connectivity index (χ4v) is 2.87. The zero-order valence-electron chi connectivity index (χ0n) is 12.7. The van der Waals surface area contributed by atoms with E-state index in [1.165, 1.54) is 7.11 Å². The van der Waals surface area contributed by atoms with Gasteiger partial charge in [-0.2, -0.15) is 22.5 Å². The van der Waals surface area contributed by atoms with Gasteiger partial charge in [-0.1, -0.05) is 6.07 Å². The van der Waals surface area contributed by atoms with E-state index in [0.717, 1.165) is 5.56 Å². The van der Waals surface area contributed by atoms with Crippen LogP contribution in [0.2, 0.25) is 0 Å². The number of halogens is 3. The summed E-state index contributed by atoms with van der Waals surface area (Å²) in [5.41, 5.74) is 0.860. The van der Waals surface area contributed by atoms with E-state index in [1.807, 2.05) is 6.07 Å². The molecule has 1 aromatic carbocycles. The van der Waals surface area contributed by atoms with Crippen molar-refractivity contribution in [1.29, 1.82) is 0 Å². The van der Waals surface area contributed by atoms with Gasteiger partial charge in [0.2, 0.25) is 17.7 Å². The smallest absolute Gasteiger partial charge is 0.452 e. The predicted molar refractivity (Wildman–Crippen MR) is 80.4 cm³/mol. The third-order valence-corrected chi connectivity index (χ3v) is 4.09. The van der Waals surface area contributed by atoms with Crippen LogP contribution in [0.5, 0.6) is 11.5 Å². The molecule has 0 bridgehead atoms. The largest absolute Gasteiger partial charge is 0.454 e. The Morgan fingerprint density at radius 3 is 2.79 bits per heavy atom. The van der Waals surface area contributed by atoms with Gasteiger partial charge in [0.1, 0.15) is 0 Å². The first-order valence-electron chi connectivity index (χ1n) is 7.00. The summed E-state index contributed by atoms with van der Waals surface area (Å²) in [6.45, 7) is 1.26. The Balaban J connectivity index is 1.80. The molecule has 0 atom stereocenters. The van der Waals surface area contributed by atoms with Gasteiger partial charge in [0, 0.05) is 31.7 Å². The predicted octanol–water partition coefficient (Wildman–Crippen LogP) is 2.94. The van der Waals surface area contributed by atoms with Crippen LogP contribution in [0.15, 0.2) is 18.2 Å². The standard InChI is InChI=1S/C14H14F3N3O3S/c1-21-5-4-20(13-18-12(19-24-13)14(15,16)17)7-9-2-3-10-11(6-9)23-8-22-10/h2-3,6H,4-5,7-8H2,1H3. The summed E-state index contributed by atoms with van der Waals surface area (Å²) in [7, 11) is 1.53. The van der Waals surface area contributed by atoms with E-state index in [4.69, 9.17) is 14.2 Å². The number of benzene rings is 1. The van der Waals surface area contributed by atoms with Crippen LogP contribution < -0.4 is 14.4 Å².